The van der Waals surface area contributed by atoms with Crippen LogP contribution in [0.2, 0.25) is 0 Å². The number of ether oxygens (including phenoxy) is 1. The van der Waals surface area contributed by atoms with Crippen LogP contribution in [-0.2, 0) is 0 Å². The summed E-state index contributed by atoms with van der Waals surface area (Å²) in [7, 11) is 6.36. The molecule has 0 aliphatic rings. The fourth-order valence-electron chi connectivity index (χ4n) is 1.52. The van der Waals surface area contributed by atoms with E-state index >= 15 is 0 Å². The van der Waals surface area contributed by atoms with Crippen LogP contribution >= 0.6 is 0 Å². The van der Waals surface area contributed by atoms with E-state index in [9.17, 15) is 0 Å². The topological polar surface area (TPSA) is 52.5 Å². The van der Waals surface area contributed by atoms with Crippen LogP contribution < -0.4 is 10.5 Å². The quantitative estimate of drug-likeness (QED) is 0.660. The molecule has 0 aliphatic carbocycles. The van der Waals surface area contributed by atoms with Gasteiger partial charge in [-0.25, -0.2) is 4.52 Å². The predicted octanol–water partition coefficient (Wildman–Crippen LogP) is 1.45. The molecule has 5 nitrogen and oxygen atoms in total. The number of quaternary nitrogens is 1. The van der Waals surface area contributed by atoms with E-state index in [4.69, 9.17) is 10.5 Å². The lowest BCUT2D eigenvalue weighted by atomic mass is 10.4. The van der Waals surface area contributed by atoms with Gasteiger partial charge in [-0.15, -0.1) is 5.10 Å². The third-order valence-corrected chi connectivity index (χ3v) is 2.55. The fraction of sp³-hybridized carbons (Fsp3) is 0.385. The highest BCUT2D eigenvalue weighted by Crippen LogP contribution is 2.24. The summed E-state index contributed by atoms with van der Waals surface area (Å²) in [6.07, 6.45) is 1.86. The highest BCUT2D eigenvalue weighted by molar-refractivity contribution is 5.74. The minimum atomic E-state index is 0. The first-order chi connectivity index (χ1) is 7.97. The first-order valence-electron chi connectivity index (χ1n) is 5.63. The number of likely N-dealkylation sites (N-methyl/N-ethyl adjacent to an activating group) is 1. The summed E-state index contributed by atoms with van der Waals surface area (Å²) in [6.45, 7) is 1.52. The maximum atomic E-state index is 5.98. The number of hydrogen-bond acceptors (Lipinski definition) is 3. The number of anilines is 1. The molecule has 0 bridgehead atoms. The molecule has 0 unspecified atom stereocenters. The summed E-state index contributed by atoms with van der Waals surface area (Å²) >= 11 is 0. The molecule has 100 valence electrons. The molecule has 2 rings (SSSR count). The highest BCUT2D eigenvalue weighted by atomic mass is 16.5. The van der Waals surface area contributed by atoms with Crippen molar-refractivity contribution in [2.24, 2.45) is 0 Å². The third kappa shape index (κ3) is 3.13. The average molecular weight is 250 g/mol. The number of nitrogen functional groups attached to an aromatic ring is 1. The Balaban J connectivity index is 0.00000162. The van der Waals surface area contributed by atoms with Crippen molar-refractivity contribution in [1.82, 2.24) is 9.61 Å². The lowest BCUT2D eigenvalue weighted by molar-refractivity contribution is -0.870. The monoisotopic (exact) mass is 250 g/mol. The lowest BCUT2D eigenvalue weighted by Gasteiger charge is -2.23. The zero-order valence-corrected chi connectivity index (χ0v) is 11.6. The molecular formula is C13H22N4O. The summed E-state index contributed by atoms with van der Waals surface area (Å²) in [5.41, 5.74) is 7.46. The summed E-state index contributed by atoms with van der Waals surface area (Å²) in [5.74, 6) is 0.518. The van der Waals surface area contributed by atoms with Crippen molar-refractivity contribution in [3.05, 3.63) is 31.8 Å². The van der Waals surface area contributed by atoms with E-state index in [0.29, 0.717) is 18.2 Å². The van der Waals surface area contributed by atoms with Crippen molar-refractivity contribution in [2.45, 2.75) is 0 Å². The summed E-state index contributed by atoms with van der Waals surface area (Å²) in [6, 6.07) is 5.77. The van der Waals surface area contributed by atoms with Gasteiger partial charge in [0.05, 0.1) is 26.7 Å². The van der Waals surface area contributed by atoms with Gasteiger partial charge in [-0.1, -0.05) is 6.07 Å². The normalized spacial score (nSPS) is 11.3. The molecule has 0 amide bonds. The third-order valence-electron chi connectivity index (χ3n) is 2.55. The fourth-order valence-corrected chi connectivity index (χ4v) is 1.52. The summed E-state index contributed by atoms with van der Waals surface area (Å²) < 4.78 is 8.21. The van der Waals surface area contributed by atoms with E-state index in [1.807, 2.05) is 24.4 Å². The molecule has 0 fully saturated rings. The Labute approximate surface area is 108 Å². The molecule has 0 aliphatic heterocycles. The maximum absolute atomic E-state index is 5.98. The second kappa shape index (κ2) is 5.27. The Hall–Kier alpha value is -1.75. The van der Waals surface area contributed by atoms with Gasteiger partial charge in [-0.05, 0) is 12.1 Å². The van der Waals surface area contributed by atoms with E-state index in [1.54, 1.807) is 4.52 Å². The minimum absolute atomic E-state index is 0. The van der Waals surface area contributed by atoms with Gasteiger partial charge in [-0.3, -0.25) is 0 Å². The Morgan fingerprint density at radius 1 is 1.33 bits per heavy atom. The molecular weight excluding hydrogens is 228 g/mol. The van der Waals surface area contributed by atoms with Crippen molar-refractivity contribution in [2.75, 3.05) is 40.0 Å². The summed E-state index contributed by atoms with van der Waals surface area (Å²) in [5, 5.41) is 4.29. The van der Waals surface area contributed by atoms with Gasteiger partial charge in [0.1, 0.15) is 18.8 Å². The molecule has 2 aromatic rings. The number of pyridine rings is 1. The van der Waals surface area contributed by atoms with Crippen molar-refractivity contribution >= 4 is 11.2 Å². The molecule has 0 atom stereocenters. The standard InChI is InChI=1S/C12H19N4O.CH3/c1-16(2,3)8-9-17-12-11(13)10-6-4-5-7-15(10)14-12;/h4-7H,8-9,13H2,1-3H3;1H3/q+1;-1. The summed E-state index contributed by atoms with van der Waals surface area (Å²) in [4.78, 5) is 0. The highest BCUT2D eigenvalue weighted by Gasteiger charge is 2.12. The van der Waals surface area contributed by atoms with Gasteiger partial charge in [0.2, 0.25) is 0 Å². The van der Waals surface area contributed by atoms with Gasteiger partial charge in [0, 0.05) is 6.20 Å². The first-order valence-corrected chi connectivity index (χ1v) is 5.63. The number of rotatable bonds is 4. The van der Waals surface area contributed by atoms with Crippen LogP contribution in [0.15, 0.2) is 24.4 Å². The number of aromatic nitrogens is 2. The molecule has 2 heterocycles. The second-order valence-electron chi connectivity index (χ2n) is 5.11. The average Bonchev–Trinajstić information content (AvgIpc) is 2.55. The van der Waals surface area contributed by atoms with E-state index in [1.165, 1.54) is 0 Å². The zero-order valence-electron chi connectivity index (χ0n) is 11.6. The first kappa shape index (κ1) is 14.3. The van der Waals surface area contributed by atoms with Gasteiger partial charge < -0.3 is 22.4 Å². The molecule has 0 aromatic carbocycles. The molecule has 2 N–H and O–H groups in total. The lowest BCUT2D eigenvalue weighted by Crippen LogP contribution is -2.38. The van der Waals surface area contributed by atoms with E-state index in [-0.39, 0.29) is 7.43 Å². The smallest absolute Gasteiger partial charge is 0.257 e. The number of hydrogen-bond donors (Lipinski definition) is 1. The Morgan fingerprint density at radius 2 is 2.06 bits per heavy atom. The van der Waals surface area contributed by atoms with E-state index < -0.39 is 0 Å². The van der Waals surface area contributed by atoms with Crippen LogP contribution in [0.3, 0.4) is 0 Å². The predicted molar refractivity (Wildman–Crippen MR) is 74.4 cm³/mol. The molecule has 0 spiro atoms. The van der Waals surface area contributed by atoms with Crippen molar-refractivity contribution in [3.8, 4) is 5.88 Å². The molecule has 18 heavy (non-hydrogen) atoms. The largest absolute Gasteiger partial charge is 0.469 e. The van der Waals surface area contributed by atoms with Crippen LogP contribution in [-0.4, -0.2) is 48.4 Å². The molecule has 5 heteroatoms. The Kier molecular flexibility index (Phi) is 4.19. The Bertz CT molecular complexity index is 513. The minimum Gasteiger partial charge on any atom is -0.469 e. The van der Waals surface area contributed by atoms with Crippen molar-refractivity contribution in [3.63, 3.8) is 0 Å². The van der Waals surface area contributed by atoms with Crippen molar-refractivity contribution in [1.29, 1.82) is 0 Å². The number of nitrogens with zero attached hydrogens (tertiary/aromatic N) is 3. The van der Waals surface area contributed by atoms with Crippen molar-refractivity contribution < 1.29 is 9.22 Å². The Morgan fingerprint density at radius 3 is 2.67 bits per heavy atom. The van der Waals surface area contributed by atoms with Crippen LogP contribution in [0.4, 0.5) is 5.69 Å². The van der Waals surface area contributed by atoms with E-state index in [0.717, 1.165) is 16.5 Å². The van der Waals surface area contributed by atoms with Gasteiger partial charge in [-0.2, -0.15) is 0 Å². The van der Waals surface area contributed by atoms with Crippen LogP contribution in [0.1, 0.15) is 0 Å². The molecule has 0 saturated carbocycles. The second-order valence-corrected chi connectivity index (χ2v) is 5.11. The van der Waals surface area contributed by atoms with Gasteiger partial charge in [0.15, 0.2) is 0 Å². The van der Waals surface area contributed by atoms with Gasteiger partial charge >= 0.3 is 0 Å². The maximum Gasteiger partial charge on any atom is 0.257 e. The number of nitrogens with two attached hydrogens (primary N) is 1. The SMILES string of the molecule is C[N+](C)(C)CCOc1nn2ccccc2c1N.[CH3-]. The van der Waals surface area contributed by atoms with Crippen LogP contribution in [0, 0.1) is 7.43 Å². The molecule has 2 aromatic heterocycles. The van der Waals surface area contributed by atoms with Crippen LogP contribution in [0.25, 0.3) is 5.52 Å². The number of fused-ring (bicyclic) bond motifs is 1. The van der Waals surface area contributed by atoms with E-state index in [2.05, 4.69) is 26.2 Å². The van der Waals surface area contributed by atoms with Crippen LogP contribution in [0.5, 0.6) is 5.88 Å². The molecule has 0 radical (unpaired) electrons. The molecule has 0 saturated heterocycles. The van der Waals surface area contributed by atoms with Gasteiger partial charge in [0.25, 0.3) is 5.88 Å². The zero-order chi connectivity index (χ0) is 12.5.